The fourth-order valence-electron chi connectivity index (χ4n) is 7.51. The molecule has 0 N–H and O–H groups in total. The van der Waals surface area contributed by atoms with Gasteiger partial charge in [-0.15, -0.1) is 0 Å². The van der Waals surface area contributed by atoms with Gasteiger partial charge < -0.3 is 56.6 Å². The normalized spacial score (nSPS) is 12.3. The van der Waals surface area contributed by atoms with Crippen LogP contribution in [0.5, 0.6) is 11.5 Å². The molecule has 75 heavy (non-hydrogen) atoms. The molecule has 0 aliphatic carbocycles. The Morgan fingerprint density at radius 3 is 1.19 bits per heavy atom. The first kappa shape index (κ1) is 71.4. The lowest BCUT2D eigenvalue weighted by molar-refractivity contribution is -0.143. The van der Waals surface area contributed by atoms with Crippen LogP contribution in [0.2, 0.25) is 0 Å². The van der Waals surface area contributed by atoms with Crippen LogP contribution in [0.25, 0.3) is 0 Å². The van der Waals surface area contributed by atoms with Crippen molar-refractivity contribution in [2.75, 3.05) is 150 Å². The Hall–Kier alpha value is -1.63. The molecule has 0 heterocycles. The fourth-order valence-corrected chi connectivity index (χ4v) is 10.3. The first-order valence-electron chi connectivity index (χ1n) is 29.0. The molecule has 1 aromatic rings. The third kappa shape index (κ3) is 50.3. The van der Waals surface area contributed by atoms with Crippen molar-refractivity contribution in [3.63, 3.8) is 0 Å². The molecular formula is C57H105O15PS2. The maximum Gasteiger partial charge on any atom is 0.338 e. The number of benzene rings is 1. The van der Waals surface area contributed by atoms with Gasteiger partial charge >= 0.3 is 11.9 Å². The molecule has 0 bridgehead atoms. The minimum atomic E-state index is -2.54. The molecule has 0 radical (unpaired) electrons. The SMILES string of the molecule is CCCCCCCCCCCCOc1cc(OCCCCCCCCCCCC)cc(C(=O)OCCSSCCOC(=O)CCCCOCCOCCOCCOCCOCCOCCOCCP(C)(=O)OCC)c1. The van der Waals surface area contributed by atoms with Crippen molar-refractivity contribution in [2.24, 2.45) is 0 Å². The largest absolute Gasteiger partial charge is 0.493 e. The van der Waals surface area contributed by atoms with Crippen LogP contribution < -0.4 is 9.47 Å². The van der Waals surface area contributed by atoms with Gasteiger partial charge in [-0.2, -0.15) is 0 Å². The van der Waals surface area contributed by atoms with Gasteiger partial charge in [0.2, 0.25) is 7.37 Å². The zero-order chi connectivity index (χ0) is 54.2. The van der Waals surface area contributed by atoms with E-state index in [2.05, 4.69) is 13.8 Å². The quantitative estimate of drug-likeness (QED) is 0.0262. The lowest BCUT2D eigenvalue weighted by atomic mass is 10.1. The summed E-state index contributed by atoms with van der Waals surface area (Å²) in [5, 5.41) is 0. The van der Waals surface area contributed by atoms with E-state index >= 15 is 0 Å². The minimum absolute atomic E-state index is 0.209. The summed E-state index contributed by atoms with van der Waals surface area (Å²) >= 11 is 0. The van der Waals surface area contributed by atoms with E-state index in [-0.39, 0.29) is 18.5 Å². The van der Waals surface area contributed by atoms with E-state index in [1.807, 2.05) is 13.0 Å². The van der Waals surface area contributed by atoms with Crippen molar-refractivity contribution in [2.45, 2.75) is 168 Å². The second-order valence-corrected chi connectivity index (χ2v) is 24.1. The second kappa shape index (κ2) is 55.7. The number of hydrogen-bond acceptors (Lipinski definition) is 17. The van der Waals surface area contributed by atoms with Gasteiger partial charge in [-0.3, -0.25) is 9.36 Å². The average Bonchev–Trinajstić information content (AvgIpc) is 3.40. The second-order valence-electron chi connectivity index (χ2n) is 18.7. The van der Waals surface area contributed by atoms with Crippen LogP contribution in [-0.4, -0.2) is 162 Å². The number of ether oxygens (including phenoxy) is 11. The third-order valence-electron chi connectivity index (χ3n) is 11.8. The zero-order valence-electron chi connectivity index (χ0n) is 47.4. The molecule has 1 atom stereocenters. The summed E-state index contributed by atoms with van der Waals surface area (Å²) < 4.78 is 79.1. The Kier molecular flexibility index (Phi) is 53.0. The van der Waals surface area contributed by atoms with Crippen molar-refractivity contribution in [3.8, 4) is 11.5 Å². The molecule has 18 heteroatoms. The van der Waals surface area contributed by atoms with Crippen molar-refractivity contribution >= 4 is 40.9 Å². The standard InChI is InChI=1S/C57H105O15PS2/c1-5-8-10-12-14-16-18-20-22-25-30-68-54-50-53(51-55(52-54)69-31-26-23-21-19-17-15-13-11-9-6-2)57(59)71-46-49-75-74-48-45-70-56(58)28-24-27-29-61-32-33-62-34-35-63-36-37-64-38-39-65-40-41-66-42-43-67-44-47-73(4,60)72-7-3/h50-52H,5-49H2,1-4H3. The van der Waals surface area contributed by atoms with Crippen LogP contribution >= 0.6 is 29.0 Å². The van der Waals surface area contributed by atoms with Gasteiger partial charge in [-0.25, -0.2) is 4.79 Å². The van der Waals surface area contributed by atoms with Gasteiger partial charge in [-0.05, 0) is 44.7 Å². The van der Waals surface area contributed by atoms with Crippen LogP contribution in [0.4, 0.5) is 0 Å². The Labute approximate surface area is 463 Å². The molecule has 1 unspecified atom stereocenters. The number of carbonyl (C=O) groups excluding carboxylic acids is 2. The summed E-state index contributed by atoms with van der Waals surface area (Å²) in [7, 11) is 0.634. The van der Waals surface area contributed by atoms with E-state index in [1.54, 1.807) is 40.4 Å². The highest BCUT2D eigenvalue weighted by molar-refractivity contribution is 8.76. The lowest BCUT2D eigenvalue weighted by Gasteiger charge is -2.13. The molecule has 15 nitrogen and oxygen atoms in total. The molecule has 1 aromatic carbocycles. The predicted octanol–water partition coefficient (Wildman–Crippen LogP) is 13.6. The molecule has 0 fully saturated rings. The highest BCUT2D eigenvalue weighted by Crippen LogP contribution is 2.41. The van der Waals surface area contributed by atoms with Crippen LogP contribution in [0.15, 0.2) is 18.2 Å². The Balaban J connectivity index is 2.06. The van der Waals surface area contributed by atoms with Crippen LogP contribution in [0, 0.1) is 0 Å². The molecule has 0 saturated carbocycles. The van der Waals surface area contributed by atoms with Gasteiger partial charge in [0.05, 0.1) is 111 Å². The van der Waals surface area contributed by atoms with Gasteiger partial charge in [0, 0.05) is 43.4 Å². The van der Waals surface area contributed by atoms with Gasteiger partial charge in [0.15, 0.2) is 0 Å². The van der Waals surface area contributed by atoms with Crippen molar-refractivity contribution in [1.82, 2.24) is 0 Å². The summed E-state index contributed by atoms with van der Waals surface area (Å²) in [4.78, 5) is 25.3. The highest BCUT2D eigenvalue weighted by atomic mass is 33.1. The summed E-state index contributed by atoms with van der Waals surface area (Å²) in [6, 6.07) is 5.44. The molecule has 0 amide bonds. The Bertz CT molecular complexity index is 1420. The van der Waals surface area contributed by atoms with Gasteiger partial charge in [0.25, 0.3) is 0 Å². The van der Waals surface area contributed by atoms with Crippen LogP contribution in [-0.2, 0) is 56.5 Å². The summed E-state index contributed by atoms with van der Waals surface area (Å²) in [5.41, 5.74) is 0.440. The third-order valence-corrected chi connectivity index (χ3v) is 15.9. The number of hydrogen-bond donors (Lipinski definition) is 0. The van der Waals surface area contributed by atoms with E-state index in [4.69, 9.17) is 56.6 Å². The maximum atomic E-state index is 13.2. The van der Waals surface area contributed by atoms with Crippen LogP contribution in [0.3, 0.4) is 0 Å². The van der Waals surface area contributed by atoms with Crippen molar-refractivity contribution < 1.29 is 70.8 Å². The summed E-state index contributed by atoms with van der Waals surface area (Å²) in [6.45, 7) is 16.8. The summed E-state index contributed by atoms with van der Waals surface area (Å²) in [6.07, 6.45) is 27.5. The topological polar surface area (TPSA) is 162 Å². The maximum absolute atomic E-state index is 13.2. The number of unbranched alkanes of at least 4 members (excludes halogenated alkanes) is 19. The lowest BCUT2D eigenvalue weighted by Crippen LogP contribution is -2.15. The molecular weight excluding hydrogens is 1020 g/mol. The van der Waals surface area contributed by atoms with E-state index in [0.717, 1.165) is 32.1 Å². The number of rotatable bonds is 60. The predicted molar refractivity (Wildman–Crippen MR) is 307 cm³/mol. The fraction of sp³-hybridized carbons (Fsp3) is 0.860. The Morgan fingerprint density at radius 1 is 0.413 bits per heavy atom. The minimum Gasteiger partial charge on any atom is -0.493 e. The van der Waals surface area contributed by atoms with E-state index in [1.165, 1.54) is 103 Å². The number of esters is 2. The van der Waals surface area contributed by atoms with Crippen molar-refractivity contribution in [1.29, 1.82) is 0 Å². The molecule has 0 saturated heterocycles. The van der Waals surface area contributed by atoms with Crippen LogP contribution in [0.1, 0.15) is 179 Å². The smallest absolute Gasteiger partial charge is 0.338 e. The van der Waals surface area contributed by atoms with E-state index in [9.17, 15) is 14.2 Å². The average molecular weight is 1130 g/mol. The van der Waals surface area contributed by atoms with Gasteiger partial charge in [-0.1, -0.05) is 151 Å². The molecule has 0 spiro atoms. The molecule has 1 rings (SSSR count). The highest BCUT2D eigenvalue weighted by Gasteiger charge is 2.15. The first-order valence-corrected chi connectivity index (χ1v) is 33.8. The molecule has 0 aromatic heterocycles. The van der Waals surface area contributed by atoms with E-state index < -0.39 is 7.37 Å². The number of carbonyl (C=O) groups is 2. The molecule has 0 aliphatic rings. The monoisotopic (exact) mass is 1120 g/mol. The summed E-state index contributed by atoms with van der Waals surface area (Å²) in [5.74, 6) is 1.96. The van der Waals surface area contributed by atoms with Crippen molar-refractivity contribution in [3.05, 3.63) is 23.8 Å². The molecule has 0 aliphatic heterocycles. The zero-order valence-corrected chi connectivity index (χ0v) is 50.0. The molecule has 440 valence electrons. The Morgan fingerprint density at radius 2 is 0.773 bits per heavy atom. The first-order chi connectivity index (χ1) is 36.8. The van der Waals surface area contributed by atoms with E-state index in [0.29, 0.717) is 166 Å². The van der Waals surface area contributed by atoms with Gasteiger partial charge in [0.1, 0.15) is 24.7 Å².